The van der Waals surface area contributed by atoms with Crippen molar-refractivity contribution in [3.05, 3.63) is 0 Å². The van der Waals surface area contributed by atoms with Gasteiger partial charge in [-0.3, -0.25) is 4.79 Å². The Labute approximate surface area is 117 Å². The van der Waals surface area contributed by atoms with Crippen LogP contribution in [0.1, 0.15) is 20.8 Å². The molecule has 0 fully saturated rings. The Kier molecular flexibility index (Phi) is 8.10. The molecule has 0 aliphatic rings. The quantitative estimate of drug-likeness (QED) is 0.661. The van der Waals surface area contributed by atoms with Crippen LogP contribution in [0.25, 0.3) is 0 Å². The number of hydrogen-bond donors (Lipinski definition) is 1. The summed E-state index contributed by atoms with van der Waals surface area (Å²) in [7, 11) is 0. The number of hydrogen-bond acceptors (Lipinski definition) is 6. The highest BCUT2D eigenvalue weighted by Crippen LogP contribution is 2.56. The molecule has 2 atom stereocenters. The number of carbonyl (C=O) groups is 2. The van der Waals surface area contributed by atoms with Crippen molar-refractivity contribution in [2.45, 2.75) is 26.8 Å². The minimum atomic E-state index is -2.01. The van der Waals surface area contributed by atoms with Gasteiger partial charge in [0.15, 0.2) is 0 Å². The highest BCUT2D eigenvalue weighted by atomic mass is 32.9. The molecule has 0 aromatic carbocycles. The molecule has 8 heteroatoms. The average molecular weight is 312 g/mol. The molecule has 0 aliphatic carbocycles. The van der Waals surface area contributed by atoms with Crippen molar-refractivity contribution in [2.75, 3.05) is 19.0 Å². The predicted molar refractivity (Wildman–Crippen MR) is 76.1 cm³/mol. The topological polar surface area (TPSA) is 78.5 Å². The van der Waals surface area contributed by atoms with Crippen LogP contribution in [0.5, 0.6) is 0 Å². The predicted octanol–water partition coefficient (Wildman–Crippen LogP) is 0.586. The van der Waals surface area contributed by atoms with Gasteiger partial charge >= 0.3 is 0 Å². The minimum Gasteiger partial charge on any atom is -0.548 e. The fourth-order valence-electron chi connectivity index (χ4n) is 1.16. The van der Waals surface area contributed by atoms with Crippen LogP contribution in [-0.4, -0.2) is 36.9 Å². The van der Waals surface area contributed by atoms with Gasteiger partial charge in [0, 0.05) is 6.61 Å². The standard InChI is InChI=1S/C10H20NO4PS2/c1-5-15-16(4,17)18-6-8(12)11-9(7(2)3)10(13)14/h7,9H,5-6H2,1-4H3,(H,11,12)(H,13,14)/p-1/t9-,16-/m0/s1. The van der Waals surface area contributed by atoms with E-state index in [4.69, 9.17) is 16.3 Å². The second kappa shape index (κ2) is 8.15. The van der Waals surface area contributed by atoms with Gasteiger partial charge in [0.05, 0.1) is 17.8 Å². The molecular formula is C10H19NO4PS2-. The molecule has 0 spiro atoms. The Hall–Kier alpha value is -0.100. The fraction of sp³-hybridized carbons (Fsp3) is 0.800. The summed E-state index contributed by atoms with van der Waals surface area (Å²) in [4.78, 5) is 22.4. The molecule has 0 saturated heterocycles. The lowest BCUT2D eigenvalue weighted by atomic mass is 10.1. The largest absolute Gasteiger partial charge is 0.548 e. The molecule has 0 rings (SSSR count). The van der Waals surface area contributed by atoms with Gasteiger partial charge in [-0.15, -0.1) is 0 Å². The number of nitrogens with one attached hydrogen (secondary N) is 1. The SMILES string of the molecule is CCO[P@@](C)(=S)SCC(=O)N[C@H](C(=O)[O-])C(C)C. The Bertz CT molecular complexity index is 349. The van der Waals surface area contributed by atoms with Gasteiger partial charge in [-0.1, -0.05) is 37.0 Å². The van der Waals surface area contributed by atoms with E-state index in [0.717, 1.165) is 0 Å². The van der Waals surface area contributed by atoms with Crippen molar-refractivity contribution in [2.24, 2.45) is 5.92 Å². The lowest BCUT2D eigenvalue weighted by molar-refractivity contribution is -0.309. The van der Waals surface area contributed by atoms with Crippen LogP contribution in [0.4, 0.5) is 0 Å². The first-order chi connectivity index (χ1) is 8.19. The van der Waals surface area contributed by atoms with Gasteiger partial charge in [-0.2, -0.15) is 0 Å². The summed E-state index contributed by atoms with van der Waals surface area (Å²) in [5, 5.41) is 13.2. The molecule has 5 nitrogen and oxygen atoms in total. The summed E-state index contributed by atoms with van der Waals surface area (Å²) in [5.74, 6) is -1.76. The number of carboxylic acid groups (broad SMARTS) is 1. The van der Waals surface area contributed by atoms with Crippen LogP contribution >= 0.6 is 16.8 Å². The molecule has 106 valence electrons. The summed E-state index contributed by atoms with van der Waals surface area (Å²) in [6.45, 7) is 7.56. The Morgan fingerprint density at radius 2 is 2.06 bits per heavy atom. The van der Waals surface area contributed by atoms with Crippen molar-refractivity contribution < 1.29 is 19.2 Å². The monoisotopic (exact) mass is 312 g/mol. The minimum absolute atomic E-state index is 0.101. The fourth-order valence-corrected chi connectivity index (χ4v) is 4.52. The van der Waals surface area contributed by atoms with Crippen molar-refractivity contribution in [1.29, 1.82) is 0 Å². The first-order valence-electron chi connectivity index (χ1n) is 5.56. The second-order valence-electron chi connectivity index (χ2n) is 4.07. The molecule has 0 aromatic rings. The molecule has 18 heavy (non-hydrogen) atoms. The Morgan fingerprint density at radius 3 is 2.44 bits per heavy atom. The van der Waals surface area contributed by atoms with E-state index < -0.39 is 17.5 Å². The van der Waals surface area contributed by atoms with Gasteiger partial charge in [0.25, 0.3) is 0 Å². The maximum Gasteiger partial charge on any atom is 0.230 e. The highest BCUT2D eigenvalue weighted by molar-refractivity contribution is 8.69. The summed E-state index contributed by atoms with van der Waals surface area (Å²) in [6.07, 6.45) is 0. The second-order valence-corrected chi connectivity index (χ2v) is 12.1. The number of amides is 1. The number of rotatable bonds is 8. The molecular weight excluding hydrogens is 293 g/mol. The van der Waals surface area contributed by atoms with E-state index in [0.29, 0.717) is 6.61 Å². The molecule has 1 amide bonds. The lowest BCUT2D eigenvalue weighted by Crippen LogP contribution is -2.51. The Morgan fingerprint density at radius 1 is 1.50 bits per heavy atom. The van der Waals surface area contributed by atoms with E-state index in [1.54, 1.807) is 20.5 Å². The van der Waals surface area contributed by atoms with E-state index >= 15 is 0 Å². The van der Waals surface area contributed by atoms with Crippen molar-refractivity contribution >= 4 is 40.5 Å². The summed E-state index contributed by atoms with van der Waals surface area (Å²) < 4.78 is 5.36. The number of aliphatic carboxylic acids is 1. The zero-order chi connectivity index (χ0) is 14.3. The maximum absolute atomic E-state index is 11.6. The van der Waals surface area contributed by atoms with Crippen LogP contribution in [0, 0.1) is 5.92 Å². The first kappa shape index (κ1) is 17.9. The molecule has 0 unspecified atom stereocenters. The number of carbonyl (C=O) groups excluding carboxylic acids is 2. The molecule has 0 aliphatic heterocycles. The van der Waals surface area contributed by atoms with Crippen LogP contribution in [-0.2, 0) is 25.9 Å². The van der Waals surface area contributed by atoms with Crippen molar-refractivity contribution in [1.82, 2.24) is 5.32 Å². The van der Waals surface area contributed by atoms with Gasteiger partial charge in [-0.05, 0) is 19.5 Å². The molecule has 0 saturated carbocycles. The molecule has 1 N–H and O–H groups in total. The van der Waals surface area contributed by atoms with E-state index in [-0.39, 0.29) is 17.6 Å². The van der Waals surface area contributed by atoms with Gasteiger partial charge < -0.3 is 19.7 Å². The van der Waals surface area contributed by atoms with Gasteiger partial charge in [-0.25, -0.2) is 0 Å². The van der Waals surface area contributed by atoms with E-state index in [1.165, 1.54) is 11.4 Å². The van der Waals surface area contributed by atoms with Crippen LogP contribution in [0.2, 0.25) is 0 Å². The van der Waals surface area contributed by atoms with Crippen LogP contribution in [0.3, 0.4) is 0 Å². The van der Waals surface area contributed by atoms with Crippen LogP contribution in [0.15, 0.2) is 0 Å². The van der Waals surface area contributed by atoms with Crippen molar-refractivity contribution in [3.63, 3.8) is 0 Å². The zero-order valence-corrected chi connectivity index (χ0v) is 13.5. The third kappa shape index (κ3) is 7.36. The van der Waals surface area contributed by atoms with E-state index in [9.17, 15) is 14.7 Å². The molecule has 0 radical (unpaired) electrons. The van der Waals surface area contributed by atoms with E-state index in [2.05, 4.69) is 5.32 Å². The summed E-state index contributed by atoms with van der Waals surface area (Å²) in [6, 6.07) is -0.972. The maximum atomic E-state index is 11.6. The third-order valence-corrected chi connectivity index (χ3v) is 6.99. The third-order valence-electron chi connectivity index (χ3n) is 2.03. The smallest absolute Gasteiger partial charge is 0.230 e. The van der Waals surface area contributed by atoms with Gasteiger partial charge in [0.1, 0.15) is 5.47 Å². The molecule has 0 bridgehead atoms. The first-order valence-corrected chi connectivity index (χ1v) is 10.3. The zero-order valence-electron chi connectivity index (χ0n) is 11.0. The summed E-state index contributed by atoms with van der Waals surface area (Å²) >= 11 is 6.48. The normalized spacial score (nSPS) is 16.1. The van der Waals surface area contributed by atoms with Gasteiger partial charge in [0.2, 0.25) is 5.91 Å². The number of carboxylic acids is 1. The molecule has 0 aromatic heterocycles. The average Bonchev–Trinajstić information content (AvgIpc) is 2.22. The Balaban J connectivity index is 4.27. The summed E-state index contributed by atoms with van der Waals surface area (Å²) in [5.41, 5.74) is -2.01. The molecule has 0 heterocycles. The highest BCUT2D eigenvalue weighted by Gasteiger charge is 2.19. The van der Waals surface area contributed by atoms with Crippen LogP contribution < -0.4 is 10.4 Å². The van der Waals surface area contributed by atoms with Crippen molar-refractivity contribution in [3.8, 4) is 0 Å². The lowest BCUT2D eigenvalue weighted by Gasteiger charge is -2.23. The van der Waals surface area contributed by atoms with E-state index in [1.807, 2.05) is 6.92 Å².